The first-order valence-electron chi connectivity index (χ1n) is 5.32. The summed E-state index contributed by atoms with van der Waals surface area (Å²) in [5, 5.41) is 13.9. The standard InChI is InChI=1S/C10H18N2O3/c1-3-8(9(13)14)12-10(15)11-7-4-6(2)5-7/h6-8H,3-5H2,1-2H3,(H,13,14)(H2,11,12,15)/t6?,7?,8-/m1/s1. The first-order chi connectivity index (χ1) is 7.02. The van der Waals surface area contributed by atoms with E-state index in [-0.39, 0.29) is 12.1 Å². The Morgan fingerprint density at radius 1 is 1.47 bits per heavy atom. The molecule has 0 heterocycles. The van der Waals surface area contributed by atoms with Crippen molar-refractivity contribution >= 4 is 12.0 Å². The van der Waals surface area contributed by atoms with E-state index < -0.39 is 12.0 Å². The average molecular weight is 214 g/mol. The summed E-state index contributed by atoms with van der Waals surface area (Å²) < 4.78 is 0. The van der Waals surface area contributed by atoms with Crippen molar-refractivity contribution < 1.29 is 14.7 Å². The van der Waals surface area contributed by atoms with Crippen molar-refractivity contribution in [3.63, 3.8) is 0 Å². The highest BCUT2D eigenvalue weighted by atomic mass is 16.4. The smallest absolute Gasteiger partial charge is 0.326 e. The fourth-order valence-electron chi connectivity index (χ4n) is 1.74. The molecule has 0 aliphatic heterocycles. The van der Waals surface area contributed by atoms with Gasteiger partial charge in [-0.15, -0.1) is 0 Å². The highest BCUT2D eigenvalue weighted by Gasteiger charge is 2.27. The number of aliphatic carboxylic acids is 1. The molecule has 3 N–H and O–H groups in total. The first kappa shape index (κ1) is 11.8. The molecule has 0 saturated heterocycles. The topological polar surface area (TPSA) is 78.4 Å². The summed E-state index contributed by atoms with van der Waals surface area (Å²) in [4.78, 5) is 22.0. The van der Waals surface area contributed by atoms with Gasteiger partial charge in [-0.05, 0) is 25.2 Å². The highest BCUT2D eigenvalue weighted by Crippen LogP contribution is 2.25. The van der Waals surface area contributed by atoms with Crippen molar-refractivity contribution in [3.05, 3.63) is 0 Å². The second-order valence-corrected chi connectivity index (χ2v) is 4.19. The number of hydrogen-bond donors (Lipinski definition) is 3. The van der Waals surface area contributed by atoms with Gasteiger partial charge in [-0.1, -0.05) is 13.8 Å². The lowest BCUT2D eigenvalue weighted by Gasteiger charge is -2.33. The Hall–Kier alpha value is -1.26. The zero-order valence-electron chi connectivity index (χ0n) is 9.12. The van der Waals surface area contributed by atoms with E-state index in [0.717, 1.165) is 12.8 Å². The third kappa shape index (κ3) is 3.42. The summed E-state index contributed by atoms with van der Waals surface area (Å²) in [5.41, 5.74) is 0. The molecule has 5 nitrogen and oxygen atoms in total. The molecular formula is C10H18N2O3. The molecule has 0 radical (unpaired) electrons. The fourth-order valence-corrected chi connectivity index (χ4v) is 1.74. The zero-order chi connectivity index (χ0) is 11.4. The normalized spacial score (nSPS) is 26.3. The van der Waals surface area contributed by atoms with Gasteiger partial charge >= 0.3 is 12.0 Å². The van der Waals surface area contributed by atoms with Crippen LogP contribution in [0.1, 0.15) is 33.1 Å². The minimum absolute atomic E-state index is 0.214. The molecule has 1 aliphatic carbocycles. The molecule has 2 amide bonds. The number of carbonyl (C=O) groups is 2. The average Bonchev–Trinajstić information content (AvgIpc) is 2.11. The van der Waals surface area contributed by atoms with E-state index in [9.17, 15) is 9.59 Å². The Morgan fingerprint density at radius 2 is 2.07 bits per heavy atom. The monoisotopic (exact) mass is 214 g/mol. The number of hydrogen-bond acceptors (Lipinski definition) is 2. The zero-order valence-corrected chi connectivity index (χ0v) is 9.12. The molecule has 1 fully saturated rings. The van der Waals surface area contributed by atoms with Gasteiger partial charge in [-0.2, -0.15) is 0 Å². The van der Waals surface area contributed by atoms with Crippen LogP contribution in [0.15, 0.2) is 0 Å². The van der Waals surface area contributed by atoms with Gasteiger partial charge in [0, 0.05) is 6.04 Å². The SMILES string of the molecule is CC[C@@H](NC(=O)NC1CC(C)C1)C(=O)O. The van der Waals surface area contributed by atoms with E-state index in [1.807, 2.05) is 0 Å². The van der Waals surface area contributed by atoms with E-state index >= 15 is 0 Å². The molecule has 0 unspecified atom stereocenters. The van der Waals surface area contributed by atoms with E-state index in [2.05, 4.69) is 17.6 Å². The second kappa shape index (κ2) is 5.00. The van der Waals surface area contributed by atoms with Gasteiger partial charge in [0.25, 0.3) is 0 Å². The van der Waals surface area contributed by atoms with E-state index in [0.29, 0.717) is 12.3 Å². The minimum Gasteiger partial charge on any atom is -0.480 e. The van der Waals surface area contributed by atoms with Crippen LogP contribution in [-0.2, 0) is 4.79 Å². The molecule has 1 rings (SSSR count). The minimum atomic E-state index is -0.991. The van der Waals surface area contributed by atoms with Crippen LogP contribution in [0.25, 0.3) is 0 Å². The van der Waals surface area contributed by atoms with Crippen LogP contribution < -0.4 is 10.6 Å². The molecule has 1 atom stereocenters. The van der Waals surface area contributed by atoms with Crippen LogP contribution in [0.3, 0.4) is 0 Å². The van der Waals surface area contributed by atoms with Crippen LogP contribution in [-0.4, -0.2) is 29.2 Å². The molecule has 15 heavy (non-hydrogen) atoms. The van der Waals surface area contributed by atoms with Crippen LogP contribution in [0.4, 0.5) is 4.79 Å². The highest BCUT2D eigenvalue weighted by molar-refractivity contribution is 5.82. The van der Waals surface area contributed by atoms with Gasteiger partial charge in [0.2, 0.25) is 0 Å². The lowest BCUT2D eigenvalue weighted by atomic mass is 9.82. The van der Waals surface area contributed by atoms with E-state index in [1.165, 1.54) is 0 Å². The molecule has 1 aliphatic rings. The van der Waals surface area contributed by atoms with Gasteiger partial charge in [0.1, 0.15) is 6.04 Å². The molecule has 0 spiro atoms. The van der Waals surface area contributed by atoms with Crippen LogP contribution in [0.2, 0.25) is 0 Å². The molecule has 0 bridgehead atoms. The molecule has 0 aromatic heterocycles. The number of carbonyl (C=O) groups excluding carboxylic acids is 1. The van der Waals surface area contributed by atoms with Crippen molar-refractivity contribution in [1.82, 2.24) is 10.6 Å². The summed E-state index contributed by atoms with van der Waals surface area (Å²) in [5.74, 6) is -0.327. The largest absolute Gasteiger partial charge is 0.480 e. The summed E-state index contributed by atoms with van der Waals surface area (Å²) in [6, 6.07) is -0.949. The number of urea groups is 1. The van der Waals surface area contributed by atoms with Crippen molar-refractivity contribution in [2.24, 2.45) is 5.92 Å². The third-order valence-corrected chi connectivity index (χ3v) is 2.72. The molecule has 0 aromatic carbocycles. The Labute approximate surface area is 89.2 Å². The van der Waals surface area contributed by atoms with Gasteiger partial charge < -0.3 is 15.7 Å². The Bertz CT molecular complexity index is 249. The number of amides is 2. The quantitative estimate of drug-likeness (QED) is 0.652. The molecular weight excluding hydrogens is 196 g/mol. The van der Waals surface area contributed by atoms with Crippen molar-refractivity contribution in [1.29, 1.82) is 0 Å². The van der Waals surface area contributed by atoms with Crippen molar-refractivity contribution in [2.75, 3.05) is 0 Å². The van der Waals surface area contributed by atoms with Crippen molar-refractivity contribution in [2.45, 2.75) is 45.2 Å². The van der Waals surface area contributed by atoms with Gasteiger partial charge in [0.05, 0.1) is 0 Å². The van der Waals surface area contributed by atoms with Gasteiger partial charge in [-0.3, -0.25) is 0 Å². The van der Waals surface area contributed by atoms with Crippen LogP contribution in [0.5, 0.6) is 0 Å². The van der Waals surface area contributed by atoms with Gasteiger partial charge in [0.15, 0.2) is 0 Å². The maximum Gasteiger partial charge on any atom is 0.326 e. The first-order valence-corrected chi connectivity index (χ1v) is 5.32. The Balaban J connectivity index is 2.25. The number of carboxylic acid groups (broad SMARTS) is 1. The van der Waals surface area contributed by atoms with Crippen LogP contribution >= 0.6 is 0 Å². The lowest BCUT2D eigenvalue weighted by Crippen LogP contribution is -2.51. The summed E-state index contributed by atoms with van der Waals surface area (Å²) >= 11 is 0. The number of carboxylic acids is 1. The molecule has 0 aromatic rings. The number of rotatable bonds is 4. The maximum atomic E-state index is 11.3. The van der Waals surface area contributed by atoms with E-state index in [1.54, 1.807) is 6.92 Å². The van der Waals surface area contributed by atoms with Crippen molar-refractivity contribution in [3.8, 4) is 0 Å². The molecule has 5 heteroatoms. The Morgan fingerprint density at radius 3 is 2.47 bits per heavy atom. The predicted octanol–water partition coefficient (Wildman–Crippen LogP) is 0.947. The third-order valence-electron chi connectivity index (χ3n) is 2.72. The molecule has 1 saturated carbocycles. The predicted molar refractivity (Wildman–Crippen MR) is 55.6 cm³/mol. The molecule has 86 valence electrons. The summed E-state index contributed by atoms with van der Waals surface area (Å²) in [6.07, 6.45) is 2.36. The fraction of sp³-hybridized carbons (Fsp3) is 0.800. The second-order valence-electron chi connectivity index (χ2n) is 4.19. The maximum absolute atomic E-state index is 11.3. The van der Waals surface area contributed by atoms with Crippen LogP contribution in [0, 0.1) is 5.92 Å². The van der Waals surface area contributed by atoms with E-state index in [4.69, 9.17) is 5.11 Å². The summed E-state index contributed by atoms with van der Waals surface area (Å²) in [6.45, 7) is 3.85. The lowest BCUT2D eigenvalue weighted by molar-refractivity contribution is -0.139. The summed E-state index contributed by atoms with van der Waals surface area (Å²) in [7, 11) is 0. The van der Waals surface area contributed by atoms with Gasteiger partial charge in [-0.25, -0.2) is 9.59 Å². The Kier molecular flexibility index (Phi) is 3.94. The number of nitrogens with one attached hydrogen (secondary N) is 2.